The van der Waals surface area contributed by atoms with Gasteiger partial charge in [0, 0.05) is 29.1 Å². The van der Waals surface area contributed by atoms with Gasteiger partial charge in [0.25, 0.3) is 0 Å². The highest BCUT2D eigenvalue weighted by Gasteiger charge is 2.16. The third kappa shape index (κ3) is 2.90. The molecule has 0 atom stereocenters. The Kier molecular flexibility index (Phi) is 4.39. The number of ether oxygens (including phenoxy) is 1. The maximum absolute atomic E-state index is 9.52. The highest BCUT2D eigenvalue weighted by Crippen LogP contribution is 2.36. The van der Waals surface area contributed by atoms with Gasteiger partial charge in [-0.3, -0.25) is 4.98 Å². The minimum atomic E-state index is 0.195. The van der Waals surface area contributed by atoms with Crippen LogP contribution in [0.2, 0.25) is 0 Å². The summed E-state index contributed by atoms with van der Waals surface area (Å²) in [7, 11) is 0. The van der Waals surface area contributed by atoms with Gasteiger partial charge in [0.05, 0.1) is 12.3 Å². The van der Waals surface area contributed by atoms with Crippen molar-refractivity contribution in [3.8, 4) is 34.2 Å². The van der Waals surface area contributed by atoms with E-state index in [0.717, 1.165) is 11.1 Å². The predicted octanol–water partition coefficient (Wildman–Crippen LogP) is 3.66. The molecule has 3 aromatic rings. The number of benzene rings is 1. The van der Waals surface area contributed by atoms with Crippen LogP contribution in [0.25, 0.3) is 22.4 Å². The lowest BCUT2D eigenvalue weighted by Crippen LogP contribution is -2.01. The maximum atomic E-state index is 9.52. The van der Waals surface area contributed by atoms with Gasteiger partial charge in [0.2, 0.25) is 0 Å². The number of nitrogen functional groups attached to an aromatic ring is 1. The van der Waals surface area contributed by atoms with Crippen LogP contribution in [-0.4, -0.2) is 16.6 Å². The second kappa shape index (κ2) is 6.80. The van der Waals surface area contributed by atoms with Gasteiger partial charge in [0.1, 0.15) is 23.2 Å². The fourth-order valence-electron chi connectivity index (χ4n) is 2.53. The van der Waals surface area contributed by atoms with Crippen molar-refractivity contribution in [2.75, 3.05) is 12.3 Å². The Hall–Kier alpha value is -3.39. The molecule has 0 unspecified atom stereocenters. The molecular formula is C19H16N4O. The van der Waals surface area contributed by atoms with Crippen molar-refractivity contribution in [1.29, 1.82) is 5.26 Å². The number of pyridine rings is 2. The summed E-state index contributed by atoms with van der Waals surface area (Å²) in [5.41, 5.74) is 9.40. The summed E-state index contributed by atoms with van der Waals surface area (Å²) in [5, 5.41) is 9.52. The van der Waals surface area contributed by atoms with Crippen LogP contribution in [-0.2, 0) is 0 Å². The average Bonchev–Trinajstić information content (AvgIpc) is 2.62. The van der Waals surface area contributed by atoms with Gasteiger partial charge in [-0.05, 0) is 31.2 Å². The lowest BCUT2D eigenvalue weighted by molar-refractivity contribution is 0.341. The Morgan fingerprint density at radius 2 is 2.00 bits per heavy atom. The van der Waals surface area contributed by atoms with Crippen LogP contribution in [0, 0.1) is 11.3 Å². The average molecular weight is 316 g/mol. The predicted molar refractivity (Wildman–Crippen MR) is 93.2 cm³/mol. The standard InChI is InChI=1S/C19H16N4O/c1-2-24-18-8-4-3-7-14(18)15-10-17(13-6-5-9-22-12-13)23-19(21)16(15)11-20/h3-10,12H,2H2,1H3,(H2,21,23). The summed E-state index contributed by atoms with van der Waals surface area (Å²) >= 11 is 0. The summed E-state index contributed by atoms with van der Waals surface area (Å²) in [6.45, 7) is 2.46. The molecule has 0 saturated heterocycles. The molecule has 118 valence electrons. The number of nitrogens with two attached hydrogens (primary N) is 1. The smallest absolute Gasteiger partial charge is 0.142 e. The molecule has 1 aromatic carbocycles. The fraction of sp³-hybridized carbons (Fsp3) is 0.105. The van der Waals surface area contributed by atoms with E-state index in [9.17, 15) is 5.26 Å². The third-order valence-electron chi connectivity index (χ3n) is 3.59. The molecular weight excluding hydrogens is 300 g/mol. The number of hydrogen-bond acceptors (Lipinski definition) is 5. The zero-order valence-electron chi connectivity index (χ0n) is 13.2. The first-order valence-electron chi connectivity index (χ1n) is 7.57. The van der Waals surface area contributed by atoms with E-state index in [1.807, 2.05) is 49.4 Å². The number of hydrogen-bond donors (Lipinski definition) is 1. The van der Waals surface area contributed by atoms with E-state index < -0.39 is 0 Å². The Bertz CT molecular complexity index is 901. The third-order valence-corrected chi connectivity index (χ3v) is 3.59. The summed E-state index contributed by atoms with van der Waals surface area (Å²) in [5.74, 6) is 0.902. The van der Waals surface area contributed by atoms with E-state index in [1.165, 1.54) is 0 Å². The second-order valence-corrected chi connectivity index (χ2v) is 5.10. The van der Waals surface area contributed by atoms with Crippen LogP contribution in [0.3, 0.4) is 0 Å². The fourth-order valence-corrected chi connectivity index (χ4v) is 2.53. The zero-order valence-corrected chi connectivity index (χ0v) is 13.2. The Morgan fingerprint density at radius 1 is 1.17 bits per heavy atom. The molecule has 0 amide bonds. The lowest BCUT2D eigenvalue weighted by Gasteiger charge is -2.13. The Labute approximate surface area is 140 Å². The summed E-state index contributed by atoms with van der Waals surface area (Å²) in [6, 6.07) is 15.3. The van der Waals surface area contributed by atoms with Crippen molar-refractivity contribution >= 4 is 5.82 Å². The number of nitriles is 1. The molecule has 0 fully saturated rings. The van der Waals surface area contributed by atoms with E-state index in [2.05, 4.69) is 16.0 Å². The Balaban J connectivity index is 2.24. The van der Waals surface area contributed by atoms with Crippen LogP contribution in [0.5, 0.6) is 5.75 Å². The van der Waals surface area contributed by atoms with Crippen molar-refractivity contribution < 1.29 is 4.74 Å². The van der Waals surface area contributed by atoms with E-state index in [0.29, 0.717) is 29.2 Å². The molecule has 2 N–H and O–H groups in total. The number of nitrogens with zero attached hydrogens (tertiary/aromatic N) is 3. The van der Waals surface area contributed by atoms with Crippen molar-refractivity contribution in [2.45, 2.75) is 6.92 Å². The highest BCUT2D eigenvalue weighted by molar-refractivity contribution is 5.82. The van der Waals surface area contributed by atoms with Crippen LogP contribution in [0.15, 0.2) is 54.9 Å². The first-order valence-corrected chi connectivity index (χ1v) is 7.57. The second-order valence-electron chi connectivity index (χ2n) is 5.10. The van der Waals surface area contributed by atoms with Crippen LogP contribution in [0.4, 0.5) is 5.82 Å². The molecule has 0 saturated carbocycles. The largest absolute Gasteiger partial charge is 0.493 e. The molecule has 3 rings (SSSR count). The molecule has 24 heavy (non-hydrogen) atoms. The normalized spacial score (nSPS) is 10.2. The lowest BCUT2D eigenvalue weighted by atomic mass is 9.98. The molecule has 5 heteroatoms. The molecule has 0 radical (unpaired) electrons. The first-order chi connectivity index (χ1) is 11.7. The SMILES string of the molecule is CCOc1ccccc1-c1cc(-c2cccnc2)nc(N)c1C#N. The van der Waals surface area contributed by atoms with Gasteiger partial charge in [-0.2, -0.15) is 5.26 Å². The van der Waals surface area contributed by atoms with Crippen molar-refractivity contribution in [1.82, 2.24) is 9.97 Å². The number of rotatable bonds is 4. The first kappa shape index (κ1) is 15.5. The molecule has 2 aromatic heterocycles. The van der Waals surface area contributed by atoms with Crippen molar-refractivity contribution in [3.05, 3.63) is 60.4 Å². The van der Waals surface area contributed by atoms with Gasteiger partial charge in [-0.25, -0.2) is 4.98 Å². The highest BCUT2D eigenvalue weighted by atomic mass is 16.5. The van der Waals surface area contributed by atoms with Gasteiger partial charge in [-0.1, -0.05) is 18.2 Å². The molecule has 0 aliphatic carbocycles. The van der Waals surface area contributed by atoms with Crippen LogP contribution in [0.1, 0.15) is 12.5 Å². The van der Waals surface area contributed by atoms with Crippen LogP contribution < -0.4 is 10.5 Å². The summed E-state index contributed by atoms with van der Waals surface area (Å²) < 4.78 is 5.69. The number of aromatic nitrogens is 2. The van der Waals surface area contributed by atoms with Gasteiger partial charge >= 0.3 is 0 Å². The quantitative estimate of drug-likeness (QED) is 0.794. The molecule has 0 aliphatic heterocycles. The Morgan fingerprint density at radius 3 is 2.71 bits per heavy atom. The number of anilines is 1. The van der Waals surface area contributed by atoms with Crippen molar-refractivity contribution in [3.63, 3.8) is 0 Å². The number of para-hydroxylation sites is 1. The molecule has 0 bridgehead atoms. The minimum absolute atomic E-state index is 0.195. The molecule has 0 spiro atoms. The molecule has 5 nitrogen and oxygen atoms in total. The topological polar surface area (TPSA) is 84.8 Å². The van der Waals surface area contributed by atoms with Gasteiger partial charge in [0.15, 0.2) is 0 Å². The summed E-state index contributed by atoms with van der Waals surface area (Å²) in [4.78, 5) is 8.46. The van der Waals surface area contributed by atoms with Crippen LogP contribution >= 0.6 is 0 Å². The van der Waals surface area contributed by atoms with Gasteiger partial charge < -0.3 is 10.5 Å². The van der Waals surface area contributed by atoms with Gasteiger partial charge in [-0.15, -0.1) is 0 Å². The molecule has 0 aliphatic rings. The minimum Gasteiger partial charge on any atom is -0.493 e. The van der Waals surface area contributed by atoms with Crippen molar-refractivity contribution in [2.24, 2.45) is 0 Å². The summed E-state index contributed by atoms with van der Waals surface area (Å²) in [6.07, 6.45) is 3.41. The van der Waals surface area contributed by atoms with E-state index in [4.69, 9.17) is 10.5 Å². The molecule has 2 heterocycles. The zero-order chi connectivity index (χ0) is 16.9. The monoisotopic (exact) mass is 316 g/mol. The maximum Gasteiger partial charge on any atom is 0.142 e. The van der Waals surface area contributed by atoms with E-state index in [1.54, 1.807) is 12.4 Å². The van der Waals surface area contributed by atoms with E-state index >= 15 is 0 Å². The van der Waals surface area contributed by atoms with E-state index in [-0.39, 0.29) is 5.82 Å².